The van der Waals surface area contributed by atoms with Gasteiger partial charge < -0.3 is 5.21 Å². The maximum absolute atomic E-state index is 12.0. The average molecular weight is 241 g/mol. The lowest BCUT2D eigenvalue weighted by Gasteiger charge is -2.06. The second-order valence-electron chi connectivity index (χ2n) is 4.42. The normalized spacial score (nSPS) is 10.3. The molecule has 0 aliphatic heterocycles. The van der Waals surface area contributed by atoms with Crippen molar-refractivity contribution in [1.82, 2.24) is 0 Å². The standard InChI is InChI=1S/C15H15NO2/c1-11-6-8-13(9-7-11)15(17)10-14-5-3-4-12(2)16(14)18/h3-9H,10H2,1-2H3. The summed E-state index contributed by atoms with van der Waals surface area (Å²) < 4.78 is 0.812. The molecule has 0 saturated carbocycles. The lowest BCUT2D eigenvalue weighted by molar-refractivity contribution is -0.620. The van der Waals surface area contributed by atoms with Crippen LogP contribution in [0.4, 0.5) is 0 Å². The highest BCUT2D eigenvalue weighted by Gasteiger charge is 2.14. The van der Waals surface area contributed by atoms with Gasteiger partial charge in [0.05, 0.1) is 6.42 Å². The van der Waals surface area contributed by atoms with Crippen molar-refractivity contribution in [3.63, 3.8) is 0 Å². The molecule has 0 aliphatic carbocycles. The summed E-state index contributed by atoms with van der Waals surface area (Å²) in [7, 11) is 0. The Morgan fingerprint density at radius 3 is 2.44 bits per heavy atom. The summed E-state index contributed by atoms with van der Waals surface area (Å²) in [6.07, 6.45) is 0.133. The van der Waals surface area contributed by atoms with E-state index in [1.165, 1.54) is 0 Å². The molecular weight excluding hydrogens is 226 g/mol. The number of hydrogen-bond donors (Lipinski definition) is 0. The Bertz CT molecular complexity index is 574. The van der Waals surface area contributed by atoms with Crippen LogP contribution in [0.3, 0.4) is 0 Å². The summed E-state index contributed by atoms with van der Waals surface area (Å²) in [5.74, 6) is -0.0369. The molecule has 1 heterocycles. The number of rotatable bonds is 3. The van der Waals surface area contributed by atoms with Crippen LogP contribution in [0.15, 0.2) is 42.5 Å². The van der Waals surface area contributed by atoms with Gasteiger partial charge in [-0.25, -0.2) is 0 Å². The van der Waals surface area contributed by atoms with Gasteiger partial charge in [-0.05, 0) is 13.0 Å². The van der Waals surface area contributed by atoms with Crippen molar-refractivity contribution in [2.75, 3.05) is 0 Å². The number of benzene rings is 1. The van der Waals surface area contributed by atoms with Gasteiger partial charge in [-0.1, -0.05) is 29.8 Å². The highest BCUT2D eigenvalue weighted by Crippen LogP contribution is 2.07. The first-order valence-electron chi connectivity index (χ1n) is 5.86. The molecule has 0 radical (unpaired) electrons. The number of carbonyl (C=O) groups is 1. The molecule has 92 valence electrons. The number of hydrogen-bond acceptors (Lipinski definition) is 2. The van der Waals surface area contributed by atoms with Gasteiger partial charge in [0.2, 0.25) is 5.69 Å². The van der Waals surface area contributed by atoms with Gasteiger partial charge in [-0.15, -0.1) is 0 Å². The highest BCUT2D eigenvalue weighted by atomic mass is 16.5. The van der Waals surface area contributed by atoms with Crippen LogP contribution in [0.5, 0.6) is 0 Å². The monoisotopic (exact) mass is 241 g/mol. The fraction of sp³-hybridized carbons (Fsp3) is 0.200. The van der Waals surface area contributed by atoms with Crippen molar-refractivity contribution in [2.45, 2.75) is 20.3 Å². The van der Waals surface area contributed by atoms with Gasteiger partial charge in [0.1, 0.15) is 0 Å². The van der Waals surface area contributed by atoms with E-state index < -0.39 is 0 Å². The lowest BCUT2D eigenvalue weighted by atomic mass is 10.0. The van der Waals surface area contributed by atoms with E-state index in [-0.39, 0.29) is 12.2 Å². The summed E-state index contributed by atoms with van der Waals surface area (Å²) in [5, 5.41) is 11.8. The van der Waals surface area contributed by atoms with Gasteiger partial charge in [-0.2, -0.15) is 4.73 Å². The Labute approximate surface area is 106 Å². The third kappa shape index (κ3) is 2.56. The van der Waals surface area contributed by atoms with Gasteiger partial charge in [0.25, 0.3) is 0 Å². The second kappa shape index (κ2) is 5.00. The SMILES string of the molecule is Cc1ccc(C(=O)Cc2cccc(C)[n+]2[O-])cc1. The molecule has 0 saturated heterocycles. The summed E-state index contributed by atoms with van der Waals surface area (Å²) in [4.78, 5) is 12.0. The Morgan fingerprint density at radius 1 is 1.11 bits per heavy atom. The molecule has 0 N–H and O–H groups in total. The van der Waals surface area contributed by atoms with E-state index in [1.807, 2.05) is 19.1 Å². The van der Waals surface area contributed by atoms with Crippen molar-refractivity contribution < 1.29 is 9.52 Å². The van der Waals surface area contributed by atoms with Crippen LogP contribution in [-0.4, -0.2) is 5.78 Å². The quantitative estimate of drug-likeness (QED) is 0.470. The summed E-state index contributed by atoms with van der Waals surface area (Å²) >= 11 is 0. The molecule has 0 amide bonds. The van der Waals surface area contributed by atoms with Gasteiger partial charge >= 0.3 is 0 Å². The molecule has 3 nitrogen and oxygen atoms in total. The molecule has 2 aromatic rings. The van der Waals surface area contributed by atoms with E-state index in [4.69, 9.17) is 0 Å². The van der Waals surface area contributed by atoms with Crippen molar-refractivity contribution >= 4 is 5.78 Å². The minimum Gasteiger partial charge on any atom is -0.618 e. The zero-order chi connectivity index (χ0) is 13.1. The number of carbonyl (C=O) groups excluding carboxylic acids is 1. The molecule has 0 bridgehead atoms. The van der Waals surface area contributed by atoms with Crippen LogP contribution in [0.25, 0.3) is 0 Å². The molecule has 0 atom stereocenters. The molecule has 0 unspecified atom stereocenters. The number of Topliss-reactive ketones (excluding diaryl/α,β-unsaturated/α-hetero) is 1. The molecular formula is C15H15NO2. The average Bonchev–Trinajstić information content (AvgIpc) is 2.36. The molecule has 2 rings (SSSR count). The highest BCUT2D eigenvalue weighted by molar-refractivity contribution is 5.97. The van der Waals surface area contributed by atoms with Gasteiger partial charge in [-0.3, -0.25) is 4.79 Å². The molecule has 3 heteroatoms. The van der Waals surface area contributed by atoms with Crippen LogP contribution in [0.1, 0.15) is 27.3 Å². The third-order valence-corrected chi connectivity index (χ3v) is 2.92. The lowest BCUT2D eigenvalue weighted by Crippen LogP contribution is -2.36. The minimum atomic E-state index is -0.0369. The summed E-state index contributed by atoms with van der Waals surface area (Å²) in [5.41, 5.74) is 2.84. The predicted molar refractivity (Wildman–Crippen MR) is 69.4 cm³/mol. The van der Waals surface area contributed by atoms with E-state index in [9.17, 15) is 10.0 Å². The van der Waals surface area contributed by atoms with Crippen molar-refractivity contribution in [2.24, 2.45) is 0 Å². The number of aromatic nitrogens is 1. The Morgan fingerprint density at radius 2 is 1.78 bits per heavy atom. The summed E-state index contributed by atoms with van der Waals surface area (Å²) in [6, 6.07) is 12.6. The van der Waals surface area contributed by atoms with E-state index in [0.29, 0.717) is 17.0 Å². The zero-order valence-corrected chi connectivity index (χ0v) is 10.5. The van der Waals surface area contributed by atoms with E-state index in [1.54, 1.807) is 37.3 Å². The molecule has 0 fully saturated rings. The fourth-order valence-electron chi connectivity index (χ4n) is 1.80. The topological polar surface area (TPSA) is 44.0 Å². The van der Waals surface area contributed by atoms with Crippen molar-refractivity contribution in [1.29, 1.82) is 0 Å². The van der Waals surface area contributed by atoms with E-state index >= 15 is 0 Å². The Kier molecular flexibility index (Phi) is 3.42. The maximum Gasteiger partial charge on any atom is 0.200 e. The second-order valence-corrected chi connectivity index (χ2v) is 4.42. The smallest absolute Gasteiger partial charge is 0.200 e. The van der Waals surface area contributed by atoms with Crippen LogP contribution >= 0.6 is 0 Å². The first-order chi connectivity index (χ1) is 8.58. The molecule has 0 spiro atoms. The molecule has 0 aliphatic rings. The third-order valence-electron chi connectivity index (χ3n) is 2.92. The molecule has 1 aromatic heterocycles. The first-order valence-corrected chi connectivity index (χ1v) is 5.86. The number of pyridine rings is 1. The molecule has 18 heavy (non-hydrogen) atoms. The first kappa shape index (κ1) is 12.3. The zero-order valence-electron chi connectivity index (χ0n) is 10.5. The van der Waals surface area contributed by atoms with Crippen molar-refractivity contribution in [3.05, 3.63) is 70.2 Å². The van der Waals surface area contributed by atoms with Crippen LogP contribution in [0, 0.1) is 19.1 Å². The largest absolute Gasteiger partial charge is 0.618 e. The number of aryl methyl sites for hydroxylation is 2. The van der Waals surface area contributed by atoms with Crippen molar-refractivity contribution in [3.8, 4) is 0 Å². The number of ketones is 1. The van der Waals surface area contributed by atoms with Crippen LogP contribution < -0.4 is 4.73 Å². The number of nitrogens with zero attached hydrogens (tertiary/aromatic N) is 1. The minimum absolute atomic E-state index is 0.0369. The van der Waals surface area contributed by atoms with E-state index in [2.05, 4.69) is 0 Å². The Balaban J connectivity index is 2.21. The maximum atomic E-state index is 12.0. The molecule has 1 aromatic carbocycles. The predicted octanol–water partition coefficient (Wildman–Crippen LogP) is 2.36. The fourth-order valence-corrected chi connectivity index (χ4v) is 1.80. The van der Waals surface area contributed by atoms with Crippen LogP contribution in [0.2, 0.25) is 0 Å². The van der Waals surface area contributed by atoms with Gasteiger partial charge in [0.15, 0.2) is 11.5 Å². The Hall–Kier alpha value is -2.16. The van der Waals surface area contributed by atoms with E-state index in [0.717, 1.165) is 10.3 Å². The summed E-state index contributed by atoms with van der Waals surface area (Å²) in [6.45, 7) is 3.70. The van der Waals surface area contributed by atoms with Crippen LogP contribution in [-0.2, 0) is 6.42 Å². The van der Waals surface area contributed by atoms with Gasteiger partial charge in [0, 0.05) is 24.6 Å².